The molecule has 0 bridgehead atoms. The lowest BCUT2D eigenvalue weighted by Gasteiger charge is -2.32. The maximum Gasteiger partial charge on any atom is 0.226 e. The Morgan fingerprint density at radius 2 is 2.24 bits per heavy atom. The zero-order chi connectivity index (χ0) is 15.1. The number of carbonyl (C=O) groups excluding carboxylic acids is 1. The van der Waals surface area contributed by atoms with Crippen LogP contribution in [0.4, 0.5) is 0 Å². The minimum Gasteiger partial charge on any atom is -0.491 e. The van der Waals surface area contributed by atoms with E-state index in [2.05, 4.69) is 0 Å². The summed E-state index contributed by atoms with van der Waals surface area (Å²) in [7, 11) is 0. The summed E-state index contributed by atoms with van der Waals surface area (Å²) >= 11 is 6.00. The Morgan fingerprint density at radius 1 is 1.43 bits per heavy atom. The Hall–Kier alpha value is -1.26. The lowest BCUT2D eigenvalue weighted by molar-refractivity contribution is -0.133. The number of hydrogen-bond donors (Lipinski definition) is 1. The molecule has 0 spiro atoms. The summed E-state index contributed by atoms with van der Waals surface area (Å²) in [6.07, 6.45) is 3.25. The van der Waals surface area contributed by atoms with Crippen molar-refractivity contribution in [3.05, 3.63) is 29.3 Å². The topological polar surface area (TPSA) is 49.8 Å². The second-order valence-corrected chi connectivity index (χ2v) is 5.80. The van der Waals surface area contributed by atoms with Gasteiger partial charge in [-0.25, -0.2) is 0 Å². The number of carbonyl (C=O) groups is 1. The summed E-state index contributed by atoms with van der Waals surface area (Å²) in [5.41, 5.74) is 0. The Labute approximate surface area is 130 Å². The van der Waals surface area contributed by atoms with Crippen molar-refractivity contribution < 1.29 is 14.6 Å². The van der Waals surface area contributed by atoms with Crippen LogP contribution in [-0.2, 0) is 4.79 Å². The number of nitrogens with zero attached hydrogens (tertiary/aromatic N) is 1. The summed E-state index contributed by atoms with van der Waals surface area (Å²) in [5.74, 6) is 1.16. The molecule has 116 valence electrons. The predicted molar refractivity (Wildman–Crippen MR) is 82.6 cm³/mol. The SMILES string of the molecule is O=C(CCOc1ccccc1Cl)N1CCCC(CCO)C1. The van der Waals surface area contributed by atoms with Crippen LogP contribution in [0.25, 0.3) is 0 Å². The first-order chi connectivity index (χ1) is 10.2. The van der Waals surface area contributed by atoms with Crippen molar-refractivity contribution in [2.75, 3.05) is 26.3 Å². The summed E-state index contributed by atoms with van der Waals surface area (Å²) in [6.45, 7) is 2.10. The molecule has 0 aliphatic carbocycles. The van der Waals surface area contributed by atoms with Gasteiger partial charge in [0, 0.05) is 19.7 Å². The van der Waals surface area contributed by atoms with Crippen LogP contribution in [-0.4, -0.2) is 42.2 Å². The quantitative estimate of drug-likeness (QED) is 0.879. The van der Waals surface area contributed by atoms with Crippen LogP contribution >= 0.6 is 11.6 Å². The van der Waals surface area contributed by atoms with Gasteiger partial charge in [-0.15, -0.1) is 0 Å². The fourth-order valence-electron chi connectivity index (χ4n) is 2.68. The van der Waals surface area contributed by atoms with E-state index in [-0.39, 0.29) is 12.5 Å². The number of piperidine rings is 1. The Bertz CT molecular complexity index is 465. The Morgan fingerprint density at radius 3 is 3.00 bits per heavy atom. The lowest BCUT2D eigenvalue weighted by Crippen LogP contribution is -2.40. The molecule has 2 rings (SSSR count). The van der Waals surface area contributed by atoms with E-state index in [1.807, 2.05) is 17.0 Å². The molecular formula is C16H22ClNO3. The highest BCUT2D eigenvalue weighted by molar-refractivity contribution is 6.32. The van der Waals surface area contributed by atoms with Crippen LogP contribution in [0.2, 0.25) is 5.02 Å². The number of likely N-dealkylation sites (tertiary alicyclic amines) is 1. The van der Waals surface area contributed by atoms with Gasteiger partial charge in [0.1, 0.15) is 5.75 Å². The zero-order valence-corrected chi connectivity index (χ0v) is 12.9. The monoisotopic (exact) mass is 311 g/mol. The van der Waals surface area contributed by atoms with Gasteiger partial charge in [0.05, 0.1) is 18.1 Å². The molecule has 1 fully saturated rings. The fraction of sp³-hybridized carbons (Fsp3) is 0.562. The van der Waals surface area contributed by atoms with Crippen LogP contribution in [0.15, 0.2) is 24.3 Å². The van der Waals surface area contributed by atoms with Gasteiger partial charge in [0.25, 0.3) is 0 Å². The van der Waals surface area contributed by atoms with Gasteiger partial charge in [-0.1, -0.05) is 23.7 Å². The average Bonchev–Trinajstić information content (AvgIpc) is 2.50. The number of ether oxygens (including phenoxy) is 1. The van der Waals surface area contributed by atoms with E-state index in [9.17, 15) is 4.79 Å². The van der Waals surface area contributed by atoms with Crippen LogP contribution < -0.4 is 4.74 Å². The molecule has 0 saturated carbocycles. The number of para-hydroxylation sites is 1. The molecule has 1 aromatic carbocycles. The van der Waals surface area contributed by atoms with Gasteiger partial charge in [0.2, 0.25) is 5.91 Å². The summed E-state index contributed by atoms with van der Waals surface area (Å²) in [5, 5.41) is 9.56. The van der Waals surface area contributed by atoms with Crippen LogP contribution in [0, 0.1) is 5.92 Å². The highest BCUT2D eigenvalue weighted by Gasteiger charge is 2.23. The highest BCUT2D eigenvalue weighted by Crippen LogP contribution is 2.23. The van der Waals surface area contributed by atoms with Crippen molar-refractivity contribution in [3.8, 4) is 5.75 Å². The number of rotatable bonds is 6. The lowest BCUT2D eigenvalue weighted by atomic mass is 9.95. The van der Waals surface area contributed by atoms with Crippen molar-refractivity contribution in [2.24, 2.45) is 5.92 Å². The van der Waals surface area contributed by atoms with Crippen molar-refractivity contribution in [1.29, 1.82) is 0 Å². The van der Waals surface area contributed by atoms with Gasteiger partial charge >= 0.3 is 0 Å². The molecule has 0 radical (unpaired) electrons. The Kier molecular flexibility index (Phi) is 6.33. The molecule has 1 N–H and O–H groups in total. The molecule has 1 aliphatic rings. The minimum absolute atomic E-state index is 0.115. The van der Waals surface area contributed by atoms with Gasteiger partial charge in [0.15, 0.2) is 0 Å². The van der Waals surface area contributed by atoms with Crippen molar-refractivity contribution in [3.63, 3.8) is 0 Å². The molecule has 4 nitrogen and oxygen atoms in total. The van der Waals surface area contributed by atoms with Gasteiger partial charge in [-0.3, -0.25) is 4.79 Å². The number of amides is 1. The van der Waals surface area contributed by atoms with Crippen LogP contribution in [0.3, 0.4) is 0 Å². The van der Waals surface area contributed by atoms with Gasteiger partial charge in [-0.2, -0.15) is 0 Å². The summed E-state index contributed by atoms with van der Waals surface area (Å²) in [6, 6.07) is 7.26. The molecule has 1 amide bonds. The Balaban J connectivity index is 1.75. The maximum atomic E-state index is 12.2. The third-order valence-electron chi connectivity index (χ3n) is 3.82. The van der Waals surface area contributed by atoms with Crippen molar-refractivity contribution >= 4 is 17.5 Å². The largest absolute Gasteiger partial charge is 0.491 e. The van der Waals surface area contributed by atoms with Gasteiger partial charge < -0.3 is 14.7 Å². The smallest absolute Gasteiger partial charge is 0.226 e. The van der Waals surface area contributed by atoms with E-state index >= 15 is 0 Å². The molecule has 21 heavy (non-hydrogen) atoms. The van der Waals surface area contributed by atoms with E-state index in [1.165, 1.54) is 0 Å². The third-order valence-corrected chi connectivity index (χ3v) is 4.13. The zero-order valence-electron chi connectivity index (χ0n) is 12.1. The van der Waals surface area contributed by atoms with Gasteiger partial charge in [-0.05, 0) is 37.3 Å². The van der Waals surface area contributed by atoms with Crippen LogP contribution in [0.1, 0.15) is 25.7 Å². The van der Waals surface area contributed by atoms with E-state index in [1.54, 1.807) is 12.1 Å². The number of benzene rings is 1. The van der Waals surface area contributed by atoms with E-state index in [4.69, 9.17) is 21.4 Å². The molecule has 1 aromatic rings. The highest BCUT2D eigenvalue weighted by atomic mass is 35.5. The normalized spacial score (nSPS) is 18.6. The standard InChI is InChI=1S/C16H22ClNO3/c17-14-5-1-2-6-15(14)21-11-8-16(20)18-9-3-4-13(12-18)7-10-19/h1-2,5-6,13,19H,3-4,7-12H2. The second-order valence-electron chi connectivity index (χ2n) is 5.39. The molecule has 0 aromatic heterocycles. The fourth-order valence-corrected chi connectivity index (χ4v) is 2.87. The molecule has 5 heteroatoms. The first kappa shape index (κ1) is 16.1. The number of aliphatic hydroxyl groups is 1. The summed E-state index contributed by atoms with van der Waals surface area (Å²) < 4.78 is 5.55. The second kappa shape index (κ2) is 8.25. The first-order valence-electron chi connectivity index (χ1n) is 7.46. The number of halogens is 1. The van der Waals surface area contributed by atoms with Crippen molar-refractivity contribution in [2.45, 2.75) is 25.7 Å². The van der Waals surface area contributed by atoms with E-state index in [0.717, 1.165) is 32.4 Å². The van der Waals surface area contributed by atoms with E-state index < -0.39 is 0 Å². The molecule has 1 heterocycles. The number of hydrogen-bond acceptors (Lipinski definition) is 3. The maximum absolute atomic E-state index is 12.2. The molecule has 1 saturated heterocycles. The number of aliphatic hydroxyl groups excluding tert-OH is 1. The molecule has 1 atom stereocenters. The minimum atomic E-state index is 0.115. The third kappa shape index (κ3) is 4.90. The van der Waals surface area contributed by atoms with E-state index in [0.29, 0.717) is 29.7 Å². The first-order valence-corrected chi connectivity index (χ1v) is 7.84. The molecule has 1 unspecified atom stereocenters. The molecule has 1 aliphatic heterocycles. The van der Waals surface area contributed by atoms with Crippen LogP contribution in [0.5, 0.6) is 5.75 Å². The predicted octanol–water partition coefficient (Wildman–Crippen LogP) is 2.73. The van der Waals surface area contributed by atoms with Crippen molar-refractivity contribution in [1.82, 2.24) is 4.90 Å². The molecular weight excluding hydrogens is 290 g/mol. The average molecular weight is 312 g/mol. The summed E-state index contributed by atoms with van der Waals surface area (Å²) in [4.78, 5) is 14.1.